The van der Waals surface area contributed by atoms with E-state index in [0.717, 1.165) is 6.42 Å². The zero-order chi connectivity index (χ0) is 13.6. The second-order valence-corrected chi connectivity index (χ2v) is 6.52. The first-order valence-electron chi connectivity index (χ1n) is 7.22. The molecule has 2 heteroatoms. The first-order valence-corrected chi connectivity index (χ1v) is 7.22. The van der Waals surface area contributed by atoms with E-state index < -0.39 is 0 Å². The zero-order valence-electron chi connectivity index (χ0n) is 12.5. The van der Waals surface area contributed by atoms with Crippen LogP contribution in [0, 0.1) is 23.2 Å². The Morgan fingerprint density at radius 3 is 2.33 bits per heavy atom. The quantitative estimate of drug-likeness (QED) is 0.778. The molecule has 2 N–H and O–H groups in total. The summed E-state index contributed by atoms with van der Waals surface area (Å²) in [7, 11) is 1.79. The first-order chi connectivity index (χ1) is 8.44. The molecule has 1 rings (SSSR count). The molecule has 104 valence electrons. The highest BCUT2D eigenvalue weighted by Crippen LogP contribution is 2.29. The van der Waals surface area contributed by atoms with Gasteiger partial charge in [-0.25, -0.2) is 0 Å². The van der Waals surface area contributed by atoms with Crippen LogP contribution in [-0.2, 0) is 4.74 Å². The minimum Gasteiger partial charge on any atom is -0.380 e. The van der Waals surface area contributed by atoms with E-state index in [1.165, 1.54) is 32.1 Å². The van der Waals surface area contributed by atoms with E-state index in [1.807, 2.05) is 0 Å². The van der Waals surface area contributed by atoms with Crippen molar-refractivity contribution in [3.05, 3.63) is 0 Å². The van der Waals surface area contributed by atoms with Crippen molar-refractivity contribution in [3.8, 4) is 11.8 Å². The topological polar surface area (TPSA) is 35.2 Å². The Morgan fingerprint density at radius 2 is 1.83 bits per heavy atom. The van der Waals surface area contributed by atoms with Crippen LogP contribution in [0.15, 0.2) is 0 Å². The van der Waals surface area contributed by atoms with Gasteiger partial charge in [0.1, 0.15) is 0 Å². The number of hydrogen-bond acceptors (Lipinski definition) is 2. The van der Waals surface area contributed by atoms with Crippen LogP contribution in [0.1, 0.15) is 59.3 Å². The largest absolute Gasteiger partial charge is 0.380 e. The van der Waals surface area contributed by atoms with Gasteiger partial charge in [0.05, 0.1) is 6.10 Å². The predicted molar refractivity (Wildman–Crippen MR) is 77.2 cm³/mol. The summed E-state index contributed by atoms with van der Waals surface area (Å²) in [5, 5.41) is 0. The lowest BCUT2D eigenvalue weighted by Gasteiger charge is -2.32. The molecule has 0 spiro atoms. The van der Waals surface area contributed by atoms with Crippen molar-refractivity contribution in [1.29, 1.82) is 0 Å². The van der Waals surface area contributed by atoms with Gasteiger partial charge < -0.3 is 10.5 Å². The van der Waals surface area contributed by atoms with Gasteiger partial charge in [0.2, 0.25) is 0 Å². The monoisotopic (exact) mass is 251 g/mol. The van der Waals surface area contributed by atoms with Gasteiger partial charge in [0.25, 0.3) is 0 Å². The Bertz CT molecular complexity index is 288. The minimum atomic E-state index is 0.0490. The Hall–Kier alpha value is -0.520. The van der Waals surface area contributed by atoms with Gasteiger partial charge in [-0.3, -0.25) is 0 Å². The highest BCUT2D eigenvalue weighted by Gasteiger charge is 2.28. The van der Waals surface area contributed by atoms with Crippen LogP contribution in [0.4, 0.5) is 0 Å². The summed E-state index contributed by atoms with van der Waals surface area (Å²) in [4.78, 5) is 0. The number of hydrogen-bond donors (Lipinski definition) is 1. The summed E-state index contributed by atoms with van der Waals surface area (Å²) in [6, 6.07) is 0.0490. The summed E-state index contributed by atoms with van der Waals surface area (Å²) in [5.41, 5.74) is 6.32. The summed E-state index contributed by atoms with van der Waals surface area (Å²) in [5.74, 6) is 7.11. The van der Waals surface area contributed by atoms with E-state index in [0.29, 0.717) is 5.92 Å². The van der Waals surface area contributed by atoms with Crippen molar-refractivity contribution < 1.29 is 4.74 Å². The van der Waals surface area contributed by atoms with Crippen LogP contribution in [0.25, 0.3) is 0 Å². The van der Waals surface area contributed by atoms with Crippen LogP contribution in [0.5, 0.6) is 0 Å². The summed E-state index contributed by atoms with van der Waals surface area (Å²) in [6.07, 6.45) is 7.46. The third-order valence-corrected chi connectivity index (χ3v) is 3.61. The van der Waals surface area contributed by atoms with E-state index in [2.05, 4.69) is 32.6 Å². The summed E-state index contributed by atoms with van der Waals surface area (Å²) >= 11 is 0. The lowest BCUT2D eigenvalue weighted by atomic mass is 9.82. The van der Waals surface area contributed by atoms with Crippen LogP contribution < -0.4 is 5.73 Å². The fourth-order valence-corrected chi connectivity index (χ4v) is 2.73. The molecule has 1 saturated carbocycles. The Balaban J connectivity index is 2.50. The molecule has 2 atom stereocenters. The zero-order valence-corrected chi connectivity index (χ0v) is 12.5. The second-order valence-electron chi connectivity index (χ2n) is 6.52. The molecule has 2 unspecified atom stereocenters. The number of methoxy groups -OCH3 is 1. The maximum atomic E-state index is 6.26. The van der Waals surface area contributed by atoms with Crippen molar-refractivity contribution in [3.63, 3.8) is 0 Å². The number of ether oxygens (including phenoxy) is 1. The lowest BCUT2D eigenvalue weighted by Crippen LogP contribution is -2.42. The van der Waals surface area contributed by atoms with Gasteiger partial charge in [0.15, 0.2) is 0 Å². The second kappa shape index (κ2) is 7.16. The van der Waals surface area contributed by atoms with Gasteiger partial charge in [-0.05, 0) is 39.5 Å². The third-order valence-electron chi connectivity index (χ3n) is 3.61. The molecule has 0 radical (unpaired) electrons. The van der Waals surface area contributed by atoms with Crippen LogP contribution in [0.2, 0.25) is 0 Å². The molecule has 0 aromatic carbocycles. The minimum absolute atomic E-state index is 0.0490. The average molecular weight is 251 g/mol. The van der Waals surface area contributed by atoms with Gasteiger partial charge >= 0.3 is 0 Å². The maximum Gasteiger partial charge on any atom is 0.0759 e. The van der Waals surface area contributed by atoms with Gasteiger partial charge in [-0.2, -0.15) is 0 Å². The molecule has 18 heavy (non-hydrogen) atoms. The van der Waals surface area contributed by atoms with Crippen molar-refractivity contribution >= 4 is 0 Å². The van der Waals surface area contributed by atoms with E-state index in [9.17, 15) is 0 Å². The molecule has 0 bridgehead atoms. The third kappa shape index (κ3) is 5.42. The van der Waals surface area contributed by atoms with E-state index in [4.69, 9.17) is 10.5 Å². The van der Waals surface area contributed by atoms with Crippen molar-refractivity contribution in [2.45, 2.75) is 71.4 Å². The molecule has 0 aromatic heterocycles. The normalized spacial score (nSPS) is 20.9. The molecule has 2 nitrogen and oxygen atoms in total. The van der Waals surface area contributed by atoms with Crippen molar-refractivity contribution in [2.75, 3.05) is 7.11 Å². The fourth-order valence-electron chi connectivity index (χ4n) is 2.73. The van der Waals surface area contributed by atoms with Gasteiger partial charge in [-0.15, -0.1) is 5.92 Å². The first kappa shape index (κ1) is 15.5. The lowest BCUT2D eigenvalue weighted by molar-refractivity contribution is 0.0189. The Labute approximate surface area is 113 Å². The smallest absolute Gasteiger partial charge is 0.0759 e. The highest BCUT2D eigenvalue weighted by molar-refractivity contribution is 5.09. The van der Waals surface area contributed by atoms with E-state index in [-0.39, 0.29) is 17.6 Å². The molecule has 0 aliphatic heterocycles. The molecule has 1 aliphatic rings. The molecule has 0 amide bonds. The maximum absolute atomic E-state index is 6.26. The number of rotatable bonds is 4. The van der Waals surface area contributed by atoms with Crippen LogP contribution in [-0.4, -0.2) is 19.3 Å². The molecular weight excluding hydrogens is 222 g/mol. The van der Waals surface area contributed by atoms with Gasteiger partial charge in [0, 0.05) is 25.0 Å². The molecule has 0 saturated heterocycles. The molecular formula is C16H29NO. The molecule has 0 aromatic rings. The average Bonchev–Trinajstić information content (AvgIpc) is 2.29. The Kier molecular flexibility index (Phi) is 6.18. The summed E-state index contributed by atoms with van der Waals surface area (Å²) in [6.45, 7) is 6.38. The highest BCUT2D eigenvalue weighted by atomic mass is 16.5. The molecule has 1 aliphatic carbocycles. The fraction of sp³-hybridized carbons (Fsp3) is 0.875. The standard InChI is InChI=1S/C16H29NO/c1-16(2,3)12-8-11-14(17)15(18-4)13-9-6-5-7-10-13/h13-15H,5-7,9-11,17H2,1-4H3. The predicted octanol–water partition coefficient (Wildman–Crippen LogP) is 3.35. The van der Waals surface area contributed by atoms with Crippen LogP contribution >= 0.6 is 0 Å². The molecule has 0 heterocycles. The molecule has 1 fully saturated rings. The Morgan fingerprint density at radius 1 is 1.22 bits per heavy atom. The van der Waals surface area contributed by atoms with Crippen molar-refractivity contribution in [2.24, 2.45) is 17.1 Å². The van der Waals surface area contributed by atoms with Crippen LogP contribution in [0.3, 0.4) is 0 Å². The summed E-state index contributed by atoms with van der Waals surface area (Å²) < 4.78 is 5.64. The van der Waals surface area contributed by atoms with E-state index in [1.54, 1.807) is 7.11 Å². The van der Waals surface area contributed by atoms with Gasteiger partial charge in [-0.1, -0.05) is 25.2 Å². The van der Waals surface area contributed by atoms with E-state index >= 15 is 0 Å². The van der Waals surface area contributed by atoms with Crippen molar-refractivity contribution in [1.82, 2.24) is 0 Å². The number of nitrogens with two attached hydrogens (primary N) is 1. The SMILES string of the molecule is COC(C(N)CC#CC(C)(C)C)C1CCCCC1.